The van der Waals surface area contributed by atoms with Crippen LogP contribution in [0.15, 0.2) is 82.3 Å². The maximum Gasteiger partial charge on any atom is 0.338 e. The summed E-state index contributed by atoms with van der Waals surface area (Å²) in [5.41, 5.74) is 7.43. The number of fused-ring (bicyclic) bond motifs is 3. The number of amides is 1. The molecule has 0 fully saturated rings. The van der Waals surface area contributed by atoms with Crippen LogP contribution in [0.25, 0.3) is 27.4 Å². The molecule has 5 rings (SSSR count). The van der Waals surface area contributed by atoms with Crippen LogP contribution in [-0.2, 0) is 4.74 Å². The van der Waals surface area contributed by atoms with Gasteiger partial charge in [-0.15, -0.1) is 0 Å². The Morgan fingerprint density at radius 1 is 1.00 bits per heavy atom. The number of rotatable bonds is 6. The van der Waals surface area contributed by atoms with E-state index in [1.54, 1.807) is 31.3 Å². The number of aryl methyl sites for hydroxylation is 1. The Kier molecular flexibility index (Phi) is 6.12. The van der Waals surface area contributed by atoms with Gasteiger partial charge in [0.1, 0.15) is 5.58 Å². The van der Waals surface area contributed by atoms with Gasteiger partial charge in [0.2, 0.25) is 0 Å². The quantitative estimate of drug-likeness (QED) is 0.186. The van der Waals surface area contributed by atoms with Gasteiger partial charge in [0.15, 0.2) is 5.76 Å². The molecule has 1 N–H and O–H groups in total. The number of benzene rings is 3. The smallest absolute Gasteiger partial charge is 0.338 e. The summed E-state index contributed by atoms with van der Waals surface area (Å²) in [5.74, 6) is -0.563. The number of hydrogen-bond acceptors (Lipinski definition) is 5. The van der Waals surface area contributed by atoms with Crippen molar-refractivity contribution in [3.05, 3.63) is 101 Å². The lowest BCUT2D eigenvalue weighted by atomic mass is 10.1. The highest BCUT2D eigenvalue weighted by Crippen LogP contribution is 2.28. The number of carbonyl (C=O) groups is 2. The Labute approximate surface area is 208 Å². The lowest BCUT2D eigenvalue weighted by molar-refractivity contribution is 0.0526. The maximum atomic E-state index is 12.7. The highest BCUT2D eigenvalue weighted by Gasteiger charge is 2.14. The van der Waals surface area contributed by atoms with E-state index >= 15 is 0 Å². The van der Waals surface area contributed by atoms with Crippen molar-refractivity contribution in [3.63, 3.8) is 0 Å². The first-order valence-corrected chi connectivity index (χ1v) is 11.7. The molecule has 5 aromatic rings. The molecular formula is C29H25N3O4. The fraction of sp³-hybridized carbons (Fsp3) is 0.138. The topological polar surface area (TPSA) is 85.8 Å². The second-order valence-corrected chi connectivity index (χ2v) is 8.44. The van der Waals surface area contributed by atoms with Crippen molar-refractivity contribution < 1.29 is 18.7 Å². The van der Waals surface area contributed by atoms with Crippen molar-refractivity contribution >= 4 is 39.8 Å². The van der Waals surface area contributed by atoms with Gasteiger partial charge in [0.25, 0.3) is 0 Å². The molecule has 1 amide bonds. The normalized spacial score (nSPS) is 11.4. The van der Waals surface area contributed by atoms with Crippen LogP contribution in [0.4, 0.5) is 0 Å². The maximum absolute atomic E-state index is 12.7. The molecule has 180 valence electrons. The first kappa shape index (κ1) is 23.1. The van der Waals surface area contributed by atoms with Crippen LogP contribution in [0.2, 0.25) is 0 Å². The lowest BCUT2D eigenvalue weighted by Crippen LogP contribution is -2.16. The van der Waals surface area contributed by atoms with E-state index in [2.05, 4.69) is 15.1 Å². The van der Waals surface area contributed by atoms with E-state index in [9.17, 15) is 9.59 Å². The van der Waals surface area contributed by atoms with Gasteiger partial charge < -0.3 is 13.7 Å². The number of furan rings is 1. The van der Waals surface area contributed by atoms with Gasteiger partial charge in [-0.2, -0.15) is 5.10 Å². The SMILES string of the molecule is CCOC(=O)c1ccc(-n2c(C)cc(/C=N/NC(=O)c3cc4c(ccc5ccccc54)o3)c2C)cc1. The van der Waals surface area contributed by atoms with Gasteiger partial charge in [-0.1, -0.05) is 30.3 Å². The van der Waals surface area contributed by atoms with Crippen LogP contribution in [0.3, 0.4) is 0 Å². The molecule has 3 aromatic carbocycles. The lowest BCUT2D eigenvalue weighted by Gasteiger charge is -2.10. The Bertz CT molecular complexity index is 1620. The molecule has 0 bridgehead atoms. The zero-order valence-corrected chi connectivity index (χ0v) is 20.2. The van der Waals surface area contributed by atoms with Gasteiger partial charge in [-0.25, -0.2) is 10.2 Å². The zero-order chi connectivity index (χ0) is 25.2. The number of carbonyl (C=O) groups excluding carboxylic acids is 2. The van der Waals surface area contributed by atoms with Crippen molar-refractivity contribution in [1.29, 1.82) is 0 Å². The molecule has 0 spiro atoms. The Morgan fingerprint density at radius 3 is 2.56 bits per heavy atom. The molecule has 0 saturated heterocycles. The van der Waals surface area contributed by atoms with Crippen molar-refractivity contribution in [1.82, 2.24) is 9.99 Å². The fourth-order valence-electron chi connectivity index (χ4n) is 4.40. The van der Waals surface area contributed by atoms with E-state index in [0.717, 1.165) is 38.8 Å². The summed E-state index contributed by atoms with van der Waals surface area (Å²) in [4.78, 5) is 24.6. The molecule has 0 radical (unpaired) electrons. The number of ether oxygens (including phenoxy) is 1. The van der Waals surface area contributed by atoms with E-state index in [0.29, 0.717) is 17.8 Å². The van der Waals surface area contributed by atoms with E-state index in [4.69, 9.17) is 9.15 Å². The predicted octanol–water partition coefficient (Wildman–Crippen LogP) is 5.93. The van der Waals surface area contributed by atoms with Gasteiger partial charge in [0, 0.05) is 28.0 Å². The van der Waals surface area contributed by atoms with Gasteiger partial charge in [0.05, 0.1) is 18.4 Å². The minimum absolute atomic E-state index is 0.200. The summed E-state index contributed by atoms with van der Waals surface area (Å²) in [7, 11) is 0. The van der Waals surface area contributed by atoms with E-state index < -0.39 is 5.91 Å². The third kappa shape index (κ3) is 4.27. The number of nitrogens with one attached hydrogen (secondary N) is 1. The minimum atomic E-state index is -0.421. The fourth-order valence-corrected chi connectivity index (χ4v) is 4.40. The third-order valence-corrected chi connectivity index (χ3v) is 6.13. The van der Waals surface area contributed by atoms with E-state index in [-0.39, 0.29) is 11.7 Å². The number of nitrogens with zero attached hydrogens (tertiary/aromatic N) is 2. The van der Waals surface area contributed by atoms with Crippen LogP contribution in [0.1, 0.15) is 44.8 Å². The van der Waals surface area contributed by atoms with Crippen molar-refractivity contribution in [3.8, 4) is 5.69 Å². The summed E-state index contributed by atoms with van der Waals surface area (Å²) in [6, 6.07) is 22.8. The Hall–Kier alpha value is -4.65. The van der Waals surface area contributed by atoms with E-state index in [1.165, 1.54) is 0 Å². The highest BCUT2D eigenvalue weighted by molar-refractivity contribution is 6.08. The summed E-state index contributed by atoms with van der Waals surface area (Å²) < 4.78 is 12.9. The molecule has 2 heterocycles. The van der Waals surface area contributed by atoms with Crippen LogP contribution < -0.4 is 5.43 Å². The standard InChI is InChI=1S/C29H25N3O4/c1-4-35-29(34)21-9-12-23(13-10-21)32-18(2)15-22(19(32)3)17-30-31-28(33)27-16-25-24-8-6-5-7-20(24)11-14-26(25)36-27/h5-17H,4H2,1-3H3,(H,31,33)/b30-17+. The van der Waals surface area contributed by atoms with Crippen LogP contribution in [0.5, 0.6) is 0 Å². The first-order chi connectivity index (χ1) is 17.5. The second kappa shape index (κ2) is 9.54. The molecule has 36 heavy (non-hydrogen) atoms. The molecule has 7 nitrogen and oxygen atoms in total. The van der Waals surface area contributed by atoms with Crippen molar-refractivity contribution in [2.45, 2.75) is 20.8 Å². The van der Waals surface area contributed by atoms with Crippen molar-refractivity contribution in [2.75, 3.05) is 6.61 Å². The summed E-state index contributed by atoms with van der Waals surface area (Å²) in [6.07, 6.45) is 1.61. The van der Waals surface area contributed by atoms with Crippen LogP contribution >= 0.6 is 0 Å². The molecule has 0 aliphatic carbocycles. The van der Waals surface area contributed by atoms with Crippen LogP contribution in [-0.4, -0.2) is 29.3 Å². The highest BCUT2D eigenvalue weighted by atomic mass is 16.5. The molecule has 2 aromatic heterocycles. The summed E-state index contributed by atoms with van der Waals surface area (Å²) in [6.45, 7) is 6.08. The van der Waals surface area contributed by atoms with Crippen LogP contribution in [0, 0.1) is 13.8 Å². The average molecular weight is 480 g/mol. The minimum Gasteiger partial charge on any atom is -0.462 e. The monoisotopic (exact) mass is 479 g/mol. The largest absolute Gasteiger partial charge is 0.462 e. The predicted molar refractivity (Wildman–Crippen MR) is 140 cm³/mol. The van der Waals surface area contributed by atoms with Gasteiger partial charge >= 0.3 is 11.9 Å². The first-order valence-electron chi connectivity index (χ1n) is 11.7. The molecule has 0 atom stereocenters. The summed E-state index contributed by atoms with van der Waals surface area (Å²) in [5, 5.41) is 7.16. The number of hydrogen-bond donors (Lipinski definition) is 1. The van der Waals surface area contributed by atoms with Crippen molar-refractivity contribution in [2.24, 2.45) is 5.10 Å². The Balaban J connectivity index is 1.33. The van der Waals surface area contributed by atoms with Gasteiger partial charge in [-0.3, -0.25) is 4.79 Å². The van der Waals surface area contributed by atoms with E-state index in [1.807, 2.05) is 68.4 Å². The molecule has 0 aliphatic heterocycles. The molecule has 0 aliphatic rings. The number of aromatic nitrogens is 1. The summed E-state index contributed by atoms with van der Waals surface area (Å²) >= 11 is 0. The zero-order valence-electron chi connectivity index (χ0n) is 20.2. The molecule has 0 saturated carbocycles. The Morgan fingerprint density at radius 2 is 1.78 bits per heavy atom. The number of esters is 1. The van der Waals surface area contributed by atoms with Gasteiger partial charge in [-0.05, 0) is 74.0 Å². The second-order valence-electron chi connectivity index (χ2n) is 8.44. The third-order valence-electron chi connectivity index (χ3n) is 6.13. The number of hydrazone groups is 1. The molecule has 0 unspecified atom stereocenters. The average Bonchev–Trinajstić information content (AvgIpc) is 3.45. The molecule has 7 heteroatoms. The molecular weight excluding hydrogens is 454 g/mol.